The van der Waals surface area contributed by atoms with Gasteiger partial charge in [0.25, 0.3) is 0 Å². The van der Waals surface area contributed by atoms with Crippen LogP contribution in [0.5, 0.6) is 0 Å². The quantitative estimate of drug-likeness (QED) is 0.634. The lowest BCUT2D eigenvalue weighted by Crippen LogP contribution is -2.40. The van der Waals surface area contributed by atoms with Gasteiger partial charge in [-0.3, -0.25) is 0 Å². The molecule has 1 aromatic rings. The molecule has 0 spiro atoms. The summed E-state index contributed by atoms with van der Waals surface area (Å²) < 4.78 is 27.8. The second-order valence-electron chi connectivity index (χ2n) is 4.23. The Labute approximate surface area is 132 Å². The number of alkyl halides is 1. The molecule has 108 valence electrons. The molecule has 0 saturated carbocycles. The molecular formula is C13H19Br2NO2S. The van der Waals surface area contributed by atoms with Crippen LogP contribution >= 0.6 is 31.9 Å². The van der Waals surface area contributed by atoms with Gasteiger partial charge in [0, 0.05) is 22.4 Å². The molecule has 6 heteroatoms. The fourth-order valence-electron chi connectivity index (χ4n) is 2.02. The summed E-state index contributed by atoms with van der Waals surface area (Å²) in [4.78, 5) is 0.351. The lowest BCUT2D eigenvalue weighted by molar-refractivity contribution is 0.317. The van der Waals surface area contributed by atoms with Gasteiger partial charge in [-0.15, -0.1) is 0 Å². The lowest BCUT2D eigenvalue weighted by Gasteiger charge is -2.29. The van der Waals surface area contributed by atoms with Gasteiger partial charge in [0.2, 0.25) is 10.0 Å². The van der Waals surface area contributed by atoms with Crippen molar-refractivity contribution in [3.05, 3.63) is 28.7 Å². The molecule has 0 amide bonds. The number of halogens is 2. The highest BCUT2D eigenvalue weighted by Crippen LogP contribution is 2.23. The van der Waals surface area contributed by atoms with E-state index in [1.54, 1.807) is 28.6 Å². The van der Waals surface area contributed by atoms with Crippen LogP contribution in [0.4, 0.5) is 0 Å². The highest BCUT2D eigenvalue weighted by molar-refractivity contribution is 9.10. The van der Waals surface area contributed by atoms with E-state index in [2.05, 4.69) is 31.9 Å². The molecule has 3 nitrogen and oxygen atoms in total. The Morgan fingerprint density at radius 1 is 1.16 bits per heavy atom. The number of sulfonamides is 1. The molecule has 0 aliphatic carbocycles. The van der Waals surface area contributed by atoms with Crippen LogP contribution in [-0.4, -0.2) is 30.6 Å². The SMILES string of the molecule is CCC(CC)N(CCBr)S(=O)(=O)c1ccc(Br)cc1. The summed E-state index contributed by atoms with van der Waals surface area (Å²) >= 11 is 6.66. The van der Waals surface area contributed by atoms with E-state index < -0.39 is 10.0 Å². The average molecular weight is 413 g/mol. The van der Waals surface area contributed by atoms with E-state index in [0.29, 0.717) is 16.8 Å². The van der Waals surface area contributed by atoms with E-state index in [1.165, 1.54) is 0 Å². The van der Waals surface area contributed by atoms with Crippen LogP contribution in [0, 0.1) is 0 Å². The Morgan fingerprint density at radius 2 is 1.68 bits per heavy atom. The standard InChI is InChI=1S/C13H19Br2NO2S/c1-3-12(4-2)16(10-9-14)19(17,18)13-7-5-11(15)6-8-13/h5-8,12H,3-4,9-10H2,1-2H3. The predicted octanol–water partition coefficient (Wildman–Crippen LogP) is 4.02. The van der Waals surface area contributed by atoms with Crippen LogP contribution in [0.2, 0.25) is 0 Å². The largest absolute Gasteiger partial charge is 0.243 e. The molecule has 0 fully saturated rings. The zero-order valence-electron chi connectivity index (χ0n) is 11.1. The molecule has 0 aliphatic rings. The van der Waals surface area contributed by atoms with Crippen molar-refractivity contribution in [3.63, 3.8) is 0 Å². The smallest absolute Gasteiger partial charge is 0.207 e. The van der Waals surface area contributed by atoms with Crippen molar-refractivity contribution in [2.24, 2.45) is 0 Å². The van der Waals surface area contributed by atoms with Gasteiger partial charge in [0.05, 0.1) is 4.90 Å². The van der Waals surface area contributed by atoms with Crippen LogP contribution in [0.25, 0.3) is 0 Å². The van der Waals surface area contributed by atoms with E-state index >= 15 is 0 Å². The van der Waals surface area contributed by atoms with Gasteiger partial charge in [-0.2, -0.15) is 4.31 Å². The first-order valence-electron chi connectivity index (χ1n) is 6.30. The van der Waals surface area contributed by atoms with Crippen molar-refractivity contribution in [1.29, 1.82) is 0 Å². The van der Waals surface area contributed by atoms with E-state index in [1.807, 2.05) is 13.8 Å². The molecule has 0 radical (unpaired) electrons. The van der Waals surface area contributed by atoms with Gasteiger partial charge in [-0.1, -0.05) is 45.7 Å². The summed E-state index contributed by atoms with van der Waals surface area (Å²) in [5, 5.41) is 0.638. The Bertz CT molecular complexity index is 484. The molecule has 1 aromatic carbocycles. The maximum absolute atomic E-state index is 12.7. The Kier molecular flexibility index (Phi) is 7.00. The van der Waals surface area contributed by atoms with Gasteiger partial charge in [-0.25, -0.2) is 8.42 Å². The third-order valence-electron chi connectivity index (χ3n) is 3.07. The average Bonchev–Trinajstić information content (AvgIpc) is 2.39. The first-order valence-corrected chi connectivity index (χ1v) is 9.66. The highest BCUT2D eigenvalue weighted by Gasteiger charge is 2.28. The normalized spacial score (nSPS) is 12.3. The zero-order valence-corrected chi connectivity index (χ0v) is 15.1. The molecule has 0 atom stereocenters. The topological polar surface area (TPSA) is 37.4 Å². The van der Waals surface area contributed by atoms with E-state index in [4.69, 9.17) is 0 Å². The summed E-state index contributed by atoms with van der Waals surface area (Å²) in [6.07, 6.45) is 1.64. The van der Waals surface area contributed by atoms with E-state index in [-0.39, 0.29) is 6.04 Å². The Hall–Kier alpha value is 0.0900. The monoisotopic (exact) mass is 411 g/mol. The second-order valence-corrected chi connectivity index (χ2v) is 7.83. The number of benzene rings is 1. The predicted molar refractivity (Wildman–Crippen MR) is 86.2 cm³/mol. The number of nitrogens with zero attached hydrogens (tertiary/aromatic N) is 1. The Morgan fingerprint density at radius 3 is 2.11 bits per heavy atom. The van der Waals surface area contributed by atoms with Crippen molar-refractivity contribution in [2.75, 3.05) is 11.9 Å². The minimum Gasteiger partial charge on any atom is -0.207 e. The first kappa shape index (κ1) is 17.1. The van der Waals surface area contributed by atoms with Crippen molar-refractivity contribution in [3.8, 4) is 0 Å². The van der Waals surface area contributed by atoms with Crippen LogP contribution in [0.3, 0.4) is 0 Å². The first-order chi connectivity index (χ1) is 8.97. The van der Waals surface area contributed by atoms with Gasteiger partial charge in [-0.05, 0) is 37.1 Å². The molecule has 0 aliphatic heterocycles. The van der Waals surface area contributed by atoms with Crippen LogP contribution in [0.15, 0.2) is 33.6 Å². The molecule has 0 saturated heterocycles. The van der Waals surface area contributed by atoms with Crippen molar-refractivity contribution in [1.82, 2.24) is 4.31 Å². The minimum atomic E-state index is -3.42. The summed E-state index contributed by atoms with van der Waals surface area (Å²) in [6.45, 7) is 4.53. The fourth-order valence-corrected chi connectivity index (χ4v) is 4.67. The molecule has 0 bridgehead atoms. The van der Waals surface area contributed by atoms with Gasteiger partial charge < -0.3 is 0 Å². The van der Waals surface area contributed by atoms with Gasteiger partial charge in [0.15, 0.2) is 0 Å². The van der Waals surface area contributed by atoms with Gasteiger partial charge in [0.1, 0.15) is 0 Å². The lowest BCUT2D eigenvalue weighted by atomic mass is 10.2. The number of rotatable bonds is 7. The molecular weight excluding hydrogens is 394 g/mol. The number of hydrogen-bond acceptors (Lipinski definition) is 2. The summed E-state index contributed by atoms with van der Waals surface area (Å²) in [7, 11) is -3.42. The van der Waals surface area contributed by atoms with Crippen LogP contribution < -0.4 is 0 Å². The molecule has 0 aromatic heterocycles. The van der Waals surface area contributed by atoms with Gasteiger partial charge >= 0.3 is 0 Å². The molecule has 0 heterocycles. The molecule has 1 rings (SSSR count). The molecule has 19 heavy (non-hydrogen) atoms. The Balaban J connectivity index is 3.15. The maximum Gasteiger partial charge on any atom is 0.243 e. The minimum absolute atomic E-state index is 0.0474. The van der Waals surface area contributed by atoms with Crippen LogP contribution in [-0.2, 0) is 10.0 Å². The molecule has 0 unspecified atom stereocenters. The maximum atomic E-state index is 12.7. The third kappa shape index (κ3) is 4.28. The fraction of sp³-hybridized carbons (Fsp3) is 0.538. The van der Waals surface area contributed by atoms with Crippen LogP contribution in [0.1, 0.15) is 26.7 Å². The summed E-state index contributed by atoms with van der Waals surface area (Å²) in [5.41, 5.74) is 0. The molecule has 0 N–H and O–H groups in total. The van der Waals surface area contributed by atoms with Crippen molar-refractivity contribution < 1.29 is 8.42 Å². The van der Waals surface area contributed by atoms with Crippen molar-refractivity contribution >= 4 is 41.9 Å². The van der Waals surface area contributed by atoms with E-state index in [0.717, 1.165) is 17.3 Å². The second kappa shape index (κ2) is 7.76. The zero-order chi connectivity index (χ0) is 14.5. The van der Waals surface area contributed by atoms with Crippen molar-refractivity contribution in [2.45, 2.75) is 37.6 Å². The summed E-state index contributed by atoms with van der Waals surface area (Å²) in [6, 6.07) is 6.84. The van der Waals surface area contributed by atoms with E-state index in [9.17, 15) is 8.42 Å². The third-order valence-corrected chi connectivity index (χ3v) is 5.92. The highest BCUT2D eigenvalue weighted by atomic mass is 79.9. The number of hydrogen-bond donors (Lipinski definition) is 0. The summed E-state index contributed by atoms with van der Waals surface area (Å²) in [5.74, 6) is 0.